The largest absolute Gasteiger partial charge is 0.352 e. The number of hydrogen-bond donors (Lipinski definition) is 1. The van der Waals surface area contributed by atoms with Gasteiger partial charge in [0.05, 0.1) is 10.6 Å². The van der Waals surface area contributed by atoms with E-state index >= 15 is 0 Å². The summed E-state index contributed by atoms with van der Waals surface area (Å²) in [5, 5.41) is 3.03. The van der Waals surface area contributed by atoms with Crippen LogP contribution in [0.3, 0.4) is 0 Å². The fourth-order valence-corrected chi connectivity index (χ4v) is 6.55. The van der Waals surface area contributed by atoms with Gasteiger partial charge >= 0.3 is 0 Å². The maximum Gasteiger partial charge on any atom is 0.264 e. The topological polar surface area (TPSA) is 86.8 Å². The van der Waals surface area contributed by atoms with Crippen LogP contribution >= 0.6 is 15.9 Å². The number of aryl methyl sites for hydroxylation is 1. The predicted octanol–water partition coefficient (Wildman–Crippen LogP) is 5.57. The van der Waals surface area contributed by atoms with Gasteiger partial charge in [0.25, 0.3) is 10.0 Å². The zero-order valence-corrected chi connectivity index (χ0v) is 24.9. The summed E-state index contributed by atoms with van der Waals surface area (Å²) in [5.74, 6) is -1.29. The first-order valence-electron chi connectivity index (χ1n) is 13.2. The van der Waals surface area contributed by atoms with Gasteiger partial charge in [-0.25, -0.2) is 12.8 Å². The minimum atomic E-state index is -4.14. The summed E-state index contributed by atoms with van der Waals surface area (Å²) < 4.78 is 43.0. The van der Waals surface area contributed by atoms with Crippen molar-refractivity contribution in [2.24, 2.45) is 0 Å². The van der Waals surface area contributed by atoms with Crippen LogP contribution in [0, 0.1) is 12.7 Å². The lowest BCUT2D eigenvalue weighted by molar-refractivity contribution is -0.139. The molecule has 212 valence electrons. The van der Waals surface area contributed by atoms with Crippen molar-refractivity contribution in [3.63, 3.8) is 0 Å². The minimum Gasteiger partial charge on any atom is -0.352 e. The van der Waals surface area contributed by atoms with Crippen molar-refractivity contribution in [1.29, 1.82) is 0 Å². The van der Waals surface area contributed by atoms with E-state index in [0.29, 0.717) is 15.7 Å². The Balaban J connectivity index is 1.68. The molecule has 1 atom stereocenters. The van der Waals surface area contributed by atoms with Crippen molar-refractivity contribution in [2.75, 3.05) is 10.8 Å². The summed E-state index contributed by atoms with van der Waals surface area (Å²) in [7, 11) is -4.14. The van der Waals surface area contributed by atoms with Crippen molar-refractivity contribution >= 4 is 43.5 Å². The quantitative estimate of drug-likeness (QED) is 0.318. The van der Waals surface area contributed by atoms with Gasteiger partial charge in [-0.05, 0) is 74.7 Å². The molecule has 0 aliphatic heterocycles. The van der Waals surface area contributed by atoms with Crippen LogP contribution in [-0.2, 0) is 26.2 Å². The van der Waals surface area contributed by atoms with E-state index in [2.05, 4.69) is 21.2 Å². The average molecular weight is 631 g/mol. The second-order valence-corrected chi connectivity index (χ2v) is 12.9. The Bertz CT molecular complexity index is 1440. The Hall–Kier alpha value is -3.24. The second-order valence-electron chi connectivity index (χ2n) is 10.1. The molecule has 0 unspecified atom stereocenters. The molecule has 1 saturated carbocycles. The van der Waals surface area contributed by atoms with Gasteiger partial charge in [0.2, 0.25) is 11.8 Å². The van der Waals surface area contributed by atoms with Crippen LogP contribution in [0.1, 0.15) is 43.7 Å². The first kappa shape index (κ1) is 29.7. The van der Waals surface area contributed by atoms with Crippen LogP contribution in [0.2, 0.25) is 0 Å². The molecule has 1 aliphatic carbocycles. The van der Waals surface area contributed by atoms with Gasteiger partial charge in [-0.3, -0.25) is 13.9 Å². The first-order valence-corrected chi connectivity index (χ1v) is 15.5. The number of hydrogen-bond acceptors (Lipinski definition) is 4. The maximum atomic E-state index is 14.0. The number of sulfonamides is 1. The van der Waals surface area contributed by atoms with Crippen LogP contribution in [-0.4, -0.2) is 43.8 Å². The predicted molar refractivity (Wildman–Crippen MR) is 157 cm³/mol. The molecule has 2 amide bonds. The summed E-state index contributed by atoms with van der Waals surface area (Å²) in [6.45, 7) is 2.96. The molecule has 0 bridgehead atoms. The molecular formula is C30H33BrFN3O4S. The Morgan fingerprint density at radius 3 is 2.30 bits per heavy atom. The number of rotatable bonds is 10. The molecule has 1 fully saturated rings. The standard InChI is InChI=1S/C30H33BrFN3O4S/c1-21-10-16-28(17-11-21)40(38,39)35(27-9-5-6-24(31)18-27)20-29(36)34(19-23-12-14-25(32)15-13-23)22(2)30(37)33-26-7-3-4-8-26/h5-6,9-18,22,26H,3-4,7-8,19-20H2,1-2H3,(H,33,37)/t22-/m1/s1. The van der Waals surface area contributed by atoms with E-state index in [9.17, 15) is 22.4 Å². The van der Waals surface area contributed by atoms with Gasteiger partial charge in [-0.15, -0.1) is 0 Å². The van der Waals surface area contributed by atoms with Crippen molar-refractivity contribution in [2.45, 2.75) is 63.1 Å². The molecule has 3 aromatic rings. The van der Waals surface area contributed by atoms with E-state index in [-0.39, 0.29) is 23.4 Å². The summed E-state index contributed by atoms with van der Waals surface area (Å²) >= 11 is 3.39. The highest BCUT2D eigenvalue weighted by atomic mass is 79.9. The number of benzene rings is 3. The number of anilines is 1. The van der Waals surface area contributed by atoms with Crippen molar-refractivity contribution in [3.8, 4) is 0 Å². The Morgan fingerprint density at radius 2 is 1.68 bits per heavy atom. The van der Waals surface area contributed by atoms with Gasteiger partial charge in [0.1, 0.15) is 18.4 Å². The molecule has 7 nitrogen and oxygen atoms in total. The average Bonchev–Trinajstić information content (AvgIpc) is 3.44. The van der Waals surface area contributed by atoms with E-state index in [1.54, 1.807) is 55.5 Å². The highest BCUT2D eigenvalue weighted by Crippen LogP contribution is 2.27. The molecule has 0 spiro atoms. The van der Waals surface area contributed by atoms with Gasteiger partial charge in [-0.1, -0.05) is 64.7 Å². The van der Waals surface area contributed by atoms with E-state index in [4.69, 9.17) is 0 Å². The summed E-state index contributed by atoms with van der Waals surface area (Å²) in [5.41, 5.74) is 1.82. The fraction of sp³-hybridized carbons (Fsp3) is 0.333. The number of amides is 2. The van der Waals surface area contributed by atoms with Crippen LogP contribution in [0.15, 0.2) is 82.2 Å². The lowest BCUT2D eigenvalue weighted by atomic mass is 10.1. The van der Waals surface area contributed by atoms with Crippen molar-refractivity contribution in [3.05, 3.63) is 94.2 Å². The van der Waals surface area contributed by atoms with E-state index in [0.717, 1.165) is 35.6 Å². The van der Waals surface area contributed by atoms with E-state index < -0.39 is 34.3 Å². The molecule has 0 aromatic heterocycles. The summed E-state index contributed by atoms with van der Waals surface area (Å²) in [6.07, 6.45) is 3.84. The van der Waals surface area contributed by atoms with E-state index in [1.165, 1.54) is 29.2 Å². The molecule has 1 aliphatic rings. The molecule has 4 rings (SSSR count). The minimum absolute atomic E-state index is 0.00920. The fourth-order valence-electron chi connectivity index (χ4n) is 4.76. The number of nitrogens with one attached hydrogen (secondary N) is 1. The second kappa shape index (κ2) is 13.0. The molecule has 1 N–H and O–H groups in total. The van der Waals surface area contributed by atoms with Gasteiger partial charge in [0.15, 0.2) is 0 Å². The zero-order valence-electron chi connectivity index (χ0n) is 22.5. The van der Waals surface area contributed by atoms with Crippen molar-refractivity contribution < 1.29 is 22.4 Å². The molecule has 10 heteroatoms. The highest BCUT2D eigenvalue weighted by molar-refractivity contribution is 9.10. The molecular weight excluding hydrogens is 597 g/mol. The third-order valence-corrected chi connectivity index (χ3v) is 9.40. The summed E-state index contributed by atoms with van der Waals surface area (Å²) in [4.78, 5) is 28.6. The molecule has 3 aromatic carbocycles. The number of nitrogens with zero attached hydrogens (tertiary/aromatic N) is 2. The lowest BCUT2D eigenvalue weighted by Gasteiger charge is -2.32. The van der Waals surface area contributed by atoms with E-state index in [1.807, 2.05) is 6.92 Å². The third-order valence-electron chi connectivity index (χ3n) is 7.12. The molecule has 0 radical (unpaired) electrons. The monoisotopic (exact) mass is 629 g/mol. The maximum absolute atomic E-state index is 14.0. The van der Waals surface area contributed by atoms with Crippen LogP contribution in [0.4, 0.5) is 10.1 Å². The Kier molecular flexibility index (Phi) is 9.63. The number of carbonyl (C=O) groups is 2. The number of carbonyl (C=O) groups excluding carboxylic acids is 2. The molecule has 40 heavy (non-hydrogen) atoms. The van der Waals surface area contributed by atoms with Crippen molar-refractivity contribution in [1.82, 2.24) is 10.2 Å². The van der Waals surface area contributed by atoms with Gasteiger partial charge in [-0.2, -0.15) is 0 Å². The van der Waals surface area contributed by atoms with Crippen LogP contribution < -0.4 is 9.62 Å². The Labute approximate surface area is 243 Å². The van der Waals surface area contributed by atoms with Gasteiger partial charge < -0.3 is 10.2 Å². The molecule has 0 saturated heterocycles. The normalized spacial score (nSPS) is 14.5. The van der Waals surface area contributed by atoms with Crippen LogP contribution in [0.5, 0.6) is 0 Å². The zero-order chi connectivity index (χ0) is 28.9. The van der Waals surface area contributed by atoms with Crippen LogP contribution in [0.25, 0.3) is 0 Å². The summed E-state index contributed by atoms with van der Waals surface area (Å²) in [6, 6.07) is 17.9. The first-order chi connectivity index (χ1) is 19.0. The third kappa shape index (κ3) is 7.28. The molecule has 0 heterocycles. The number of halogens is 2. The highest BCUT2D eigenvalue weighted by Gasteiger charge is 2.33. The Morgan fingerprint density at radius 1 is 1.02 bits per heavy atom. The SMILES string of the molecule is Cc1ccc(S(=O)(=O)N(CC(=O)N(Cc2ccc(F)cc2)[C@H](C)C(=O)NC2CCCC2)c2cccc(Br)c2)cc1. The smallest absolute Gasteiger partial charge is 0.264 e. The van der Waals surface area contributed by atoms with Gasteiger partial charge in [0, 0.05) is 17.1 Å². The lowest BCUT2D eigenvalue weighted by Crippen LogP contribution is -2.52.